The maximum absolute atomic E-state index is 6.50. The first kappa shape index (κ1) is 14.5. The summed E-state index contributed by atoms with van der Waals surface area (Å²) in [5, 5.41) is 0. The molecule has 2 rings (SSSR count). The quantitative estimate of drug-likeness (QED) is 0.589. The van der Waals surface area contributed by atoms with Crippen LogP contribution in [0.1, 0.15) is 24.5 Å². The number of benzene rings is 1. The third-order valence-electron chi connectivity index (χ3n) is 3.65. The van der Waals surface area contributed by atoms with Crippen LogP contribution in [-0.2, 0) is 9.16 Å². The van der Waals surface area contributed by atoms with Crippen molar-refractivity contribution in [2.24, 2.45) is 0 Å². The average Bonchev–Trinajstić information content (AvgIpc) is 2.36. The van der Waals surface area contributed by atoms with Gasteiger partial charge >= 0.3 is 0 Å². The van der Waals surface area contributed by atoms with E-state index >= 15 is 0 Å². The minimum Gasteiger partial charge on any atom is -0.405 e. The number of hydrogen-bond donors (Lipinski definition) is 0. The molecule has 0 aliphatic heterocycles. The molecule has 0 amide bonds. The summed E-state index contributed by atoms with van der Waals surface area (Å²) in [7, 11) is 0.106. The van der Waals surface area contributed by atoms with Crippen molar-refractivity contribution in [3.8, 4) is 0 Å². The lowest BCUT2D eigenvalue weighted by atomic mass is 9.70. The van der Waals surface area contributed by atoms with Crippen LogP contribution in [0.3, 0.4) is 0 Å². The Kier molecular flexibility index (Phi) is 3.99. The molecule has 1 aliphatic rings. The van der Waals surface area contributed by atoms with E-state index in [0.717, 1.165) is 12.8 Å². The molecule has 0 N–H and O–H groups in total. The predicted octanol–water partition coefficient (Wildman–Crippen LogP) is 4.31. The molecule has 0 bridgehead atoms. The molecule has 19 heavy (non-hydrogen) atoms. The van der Waals surface area contributed by atoms with Gasteiger partial charge in [-0.1, -0.05) is 36.9 Å². The van der Waals surface area contributed by atoms with Crippen molar-refractivity contribution in [1.82, 2.24) is 0 Å². The molecule has 104 valence electrons. The van der Waals surface area contributed by atoms with Crippen LogP contribution in [0.4, 0.5) is 0 Å². The Morgan fingerprint density at radius 1 is 1.21 bits per heavy atom. The van der Waals surface area contributed by atoms with E-state index in [1.807, 2.05) is 18.2 Å². The zero-order valence-electron chi connectivity index (χ0n) is 12.4. The minimum atomic E-state index is -1.66. The molecule has 1 saturated carbocycles. The Balaban J connectivity index is 2.35. The van der Waals surface area contributed by atoms with Gasteiger partial charge in [-0.25, -0.2) is 0 Å². The standard InChI is InChI=1S/C16H24O2Si/c1-13-11-12-16(13,18-19(3,4)5)15(17-2)14-9-7-6-8-10-14/h6-10,15H,1,11-12H2,2-5H3. The van der Waals surface area contributed by atoms with Crippen molar-refractivity contribution in [3.63, 3.8) is 0 Å². The minimum absolute atomic E-state index is 0.0540. The van der Waals surface area contributed by atoms with Crippen LogP contribution in [0.2, 0.25) is 19.6 Å². The summed E-state index contributed by atoms with van der Waals surface area (Å²) in [6.45, 7) is 10.9. The van der Waals surface area contributed by atoms with E-state index in [-0.39, 0.29) is 11.7 Å². The van der Waals surface area contributed by atoms with Crippen LogP contribution in [0.15, 0.2) is 42.5 Å². The van der Waals surface area contributed by atoms with Crippen molar-refractivity contribution in [2.75, 3.05) is 7.11 Å². The van der Waals surface area contributed by atoms with Gasteiger partial charge in [-0.15, -0.1) is 0 Å². The summed E-state index contributed by atoms with van der Waals surface area (Å²) < 4.78 is 12.3. The number of hydrogen-bond acceptors (Lipinski definition) is 2. The molecule has 1 fully saturated rings. The van der Waals surface area contributed by atoms with Gasteiger partial charge in [0.2, 0.25) is 0 Å². The van der Waals surface area contributed by atoms with E-state index in [4.69, 9.17) is 9.16 Å². The maximum atomic E-state index is 6.50. The highest BCUT2D eigenvalue weighted by Crippen LogP contribution is 2.51. The maximum Gasteiger partial charge on any atom is 0.185 e. The summed E-state index contributed by atoms with van der Waals surface area (Å²) >= 11 is 0. The monoisotopic (exact) mass is 276 g/mol. The van der Waals surface area contributed by atoms with Crippen LogP contribution in [0, 0.1) is 0 Å². The van der Waals surface area contributed by atoms with Gasteiger partial charge in [-0.2, -0.15) is 0 Å². The fourth-order valence-corrected chi connectivity index (χ4v) is 4.26. The second kappa shape index (κ2) is 5.23. The molecule has 1 aromatic rings. The van der Waals surface area contributed by atoms with Gasteiger partial charge in [0, 0.05) is 7.11 Å². The highest BCUT2D eigenvalue weighted by molar-refractivity contribution is 6.69. The van der Waals surface area contributed by atoms with E-state index in [1.54, 1.807) is 7.11 Å². The normalized spacial score (nSPS) is 24.9. The molecule has 3 heteroatoms. The van der Waals surface area contributed by atoms with Crippen LogP contribution in [-0.4, -0.2) is 21.0 Å². The Morgan fingerprint density at radius 2 is 1.84 bits per heavy atom. The van der Waals surface area contributed by atoms with Gasteiger partial charge < -0.3 is 9.16 Å². The van der Waals surface area contributed by atoms with E-state index < -0.39 is 8.32 Å². The molecule has 0 heterocycles. The molecule has 1 aliphatic carbocycles. The summed E-state index contributed by atoms with van der Waals surface area (Å²) in [5.41, 5.74) is 2.02. The summed E-state index contributed by atoms with van der Waals surface area (Å²) in [6, 6.07) is 10.3. The zero-order valence-corrected chi connectivity index (χ0v) is 13.4. The van der Waals surface area contributed by atoms with E-state index in [0.29, 0.717) is 0 Å². The fraction of sp³-hybridized carbons (Fsp3) is 0.500. The molecular formula is C16H24O2Si. The van der Waals surface area contributed by atoms with Crippen molar-refractivity contribution in [1.29, 1.82) is 0 Å². The van der Waals surface area contributed by atoms with Crippen molar-refractivity contribution < 1.29 is 9.16 Å². The first-order valence-electron chi connectivity index (χ1n) is 6.85. The topological polar surface area (TPSA) is 18.5 Å². The van der Waals surface area contributed by atoms with Crippen molar-refractivity contribution >= 4 is 8.32 Å². The second-order valence-electron chi connectivity index (χ2n) is 6.23. The lowest BCUT2D eigenvalue weighted by molar-refractivity contribution is -0.0890. The number of rotatable bonds is 5. The van der Waals surface area contributed by atoms with Crippen LogP contribution >= 0.6 is 0 Å². The van der Waals surface area contributed by atoms with Crippen LogP contribution < -0.4 is 0 Å². The molecular weight excluding hydrogens is 252 g/mol. The van der Waals surface area contributed by atoms with Gasteiger partial charge in [0.15, 0.2) is 8.32 Å². The molecule has 0 saturated heterocycles. The summed E-state index contributed by atoms with van der Waals surface area (Å²) in [5.74, 6) is 0. The second-order valence-corrected chi connectivity index (χ2v) is 10.7. The highest BCUT2D eigenvalue weighted by Gasteiger charge is 2.51. The first-order valence-corrected chi connectivity index (χ1v) is 10.3. The molecule has 1 aromatic carbocycles. The van der Waals surface area contributed by atoms with Gasteiger partial charge in [-0.05, 0) is 43.6 Å². The number of methoxy groups -OCH3 is 1. The summed E-state index contributed by atoms with van der Waals surface area (Å²) in [6.07, 6.45) is 1.99. The Labute approximate surface area is 117 Å². The Morgan fingerprint density at radius 3 is 2.21 bits per heavy atom. The molecule has 0 radical (unpaired) electrons. The smallest absolute Gasteiger partial charge is 0.185 e. The SMILES string of the molecule is C=C1CCC1(O[Si](C)(C)C)C(OC)c1ccccc1. The van der Waals surface area contributed by atoms with Gasteiger partial charge in [0.25, 0.3) is 0 Å². The third kappa shape index (κ3) is 2.83. The number of ether oxygens (including phenoxy) is 1. The molecule has 2 nitrogen and oxygen atoms in total. The Hall–Kier alpha value is -0.903. The molecule has 0 aromatic heterocycles. The highest BCUT2D eigenvalue weighted by atomic mass is 28.4. The predicted molar refractivity (Wildman–Crippen MR) is 81.7 cm³/mol. The van der Waals surface area contributed by atoms with Crippen molar-refractivity contribution in [3.05, 3.63) is 48.0 Å². The first-order chi connectivity index (χ1) is 8.89. The van der Waals surface area contributed by atoms with E-state index in [1.165, 1.54) is 11.1 Å². The average molecular weight is 276 g/mol. The van der Waals surface area contributed by atoms with Gasteiger partial charge in [0.05, 0.1) is 0 Å². The van der Waals surface area contributed by atoms with E-state index in [2.05, 4.69) is 38.4 Å². The Bertz CT molecular complexity index is 450. The molecule has 2 unspecified atom stereocenters. The third-order valence-corrected chi connectivity index (χ3v) is 4.62. The van der Waals surface area contributed by atoms with Crippen molar-refractivity contribution in [2.45, 2.75) is 44.2 Å². The largest absolute Gasteiger partial charge is 0.405 e. The lowest BCUT2D eigenvalue weighted by Gasteiger charge is -2.51. The van der Waals surface area contributed by atoms with Crippen LogP contribution in [0.25, 0.3) is 0 Å². The lowest BCUT2D eigenvalue weighted by Crippen LogP contribution is -2.53. The fourth-order valence-electron chi connectivity index (χ4n) is 2.81. The molecule has 0 spiro atoms. The molecule has 2 atom stereocenters. The zero-order chi connectivity index (χ0) is 14.1. The van der Waals surface area contributed by atoms with Gasteiger partial charge in [-0.3, -0.25) is 0 Å². The van der Waals surface area contributed by atoms with Gasteiger partial charge in [0.1, 0.15) is 11.7 Å². The van der Waals surface area contributed by atoms with E-state index in [9.17, 15) is 0 Å². The summed E-state index contributed by atoms with van der Waals surface area (Å²) in [4.78, 5) is 0. The van der Waals surface area contributed by atoms with Crippen LogP contribution in [0.5, 0.6) is 0 Å².